The Hall–Kier alpha value is -1.80. The highest BCUT2D eigenvalue weighted by Gasteiger charge is 2.35. The van der Waals surface area contributed by atoms with Crippen LogP contribution in [0.2, 0.25) is 0 Å². The Labute approximate surface area is 223 Å². The quantitative estimate of drug-likeness (QED) is 0.332. The molecule has 0 unspecified atom stereocenters. The van der Waals surface area contributed by atoms with Crippen LogP contribution in [0.5, 0.6) is 11.5 Å². The standard InChI is InChI=1S/C22H21Br2F2N3O4S2/c1-32-15-8-13(9-16(10-15)33-2)7-14-12-34-22(27-14)28-3-5-29(6-4-28)35(30,31)21-19(24)18(25)11-17(23)20(21)26/h8-12H,3-7H2,1-2H3. The molecule has 0 aliphatic carbocycles. The lowest BCUT2D eigenvalue weighted by atomic mass is 10.1. The van der Waals surface area contributed by atoms with E-state index in [0.29, 0.717) is 31.0 Å². The number of hydrogen-bond donors (Lipinski definition) is 0. The Kier molecular flexibility index (Phi) is 8.01. The monoisotopic (exact) mass is 651 g/mol. The van der Waals surface area contributed by atoms with Gasteiger partial charge in [-0.05, 0) is 55.6 Å². The lowest BCUT2D eigenvalue weighted by Crippen LogP contribution is -2.49. The Bertz CT molecular complexity index is 1300. The summed E-state index contributed by atoms with van der Waals surface area (Å²) in [4.78, 5) is 5.99. The molecule has 1 aliphatic rings. The van der Waals surface area contributed by atoms with Gasteiger partial charge in [-0.3, -0.25) is 0 Å². The van der Waals surface area contributed by atoms with E-state index in [1.807, 2.05) is 22.4 Å². The molecule has 0 amide bonds. The van der Waals surface area contributed by atoms with Gasteiger partial charge in [0.15, 0.2) is 10.9 Å². The van der Waals surface area contributed by atoms with E-state index < -0.39 is 31.0 Å². The number of sulfonamides is 1. The van der Waals surface area contributed by atoms with Crippen molar-refractivity contribution < 1.29 is 26.7 Å². The van der Waals surface area contributed by atoms with Crippen LogP contribution < -0.4 is 14.4 Å². The first-order chi connectivity index (χ1) is 16.6. The zero-order valence-corrected chi connectivity index (χ0v) is 23.5. The van der Waals surface area contributed by atoms with Gasteiger partial charge in [-0.25, -0.2) is 22.2 Å². The summed E-state index contributed by atoms with van der Waals surface area (Å²) in [5, 5.41) is 2.73. The maximum absolute atomic E-state index is 14.6. The van der Waals surface area contributed by atoms with Gasteiger partial charge in [0.25, 0.3) is 0 Å². The van der Waals surface area contributed by atoms with Crippen LogP contribution in [0.1, 0.15) is 11.3 Å². The second-order valence-corrected chi connectivity index (χ2v) is 12.1. The van der Waals surface area contributed by atoms with Crippen LogP contribution in [-0.2, 0) is 16.4 Å². The molecule has 0 N–H and O–H groups in total. The van der Waals surface area contributed by atoms with Gasteiger partial charge in [-0.1, -0.05) is 0 Å². The highest BCUT2D eigenvalue weighted by Crippen LogP contribution is 2.35. The van der Waals surface area contributed by atoms with Gasteiger partial charge in [0, 0.05) is 44.0 Å². The number of aromatic nitrogens is 1. The molecule has 0 saturated carbocycles. The molecule has 3 aromatic rings. The van der Waals surface area contributed by atoms with Crippen molar-refractivity contribution in [2.45, 2.75) is 11.3 Å². The minimum absolute atomic E-state index is 0.115. The van der Waals surface area contributed by atoms with Crippen molar-refractivity contribution in [1.29, 1.82) is 0 Å². The molecule has 1 fully saturated rings. The topological polar surface area (TPSA) is 72.0 Å². The Morgan fingerprint density at radius 2 is 1.66 bits per heavy atom. The maximum Gasteiger partial charge on any atom is 0.247 e. The van der Waals surface area contributed by atoms with Crippen LogP contribution in [0.15, 0.2) is 43.5 Å². The van der Waals surface area contributed by atoms with Crippen molar-refractivity contribution in [1.82, 2.24) is 9.29 Å². The third kappa shape index (κ3) is 5.48. The smallest absolute Gasteiger partial charge is 0.247 e. The normalized spacial score (nSPS) is 14.9. The summed E-state index contributed by atoms with van der Waals surface area (Å²) in [6.45, 7) is 0.971. The van der Waals surface area contributed by atoms with E-state index in [1.165, 1.54) is 11.3 Å². The molecule has 1 aromatic heterocycles. The van der Waals surface area contributed by atoms with E-state index >= 15 is 0 Å². The first kappa shape index (κ1) is 26.3. The van der Waals surface area contributed by atoms with E-state index in [9.17, 15) is 17.2 Å². The maximum atomic E-state index is 14.6. The van der Waals surface area contributed by atoms with Crippen molar-refractivity contribution in [3.8, 4) is 11.5 Å². The number of benzene rings is 2. The van der Waals surface area contributed by atoms with Gasteiger partial charge in [-0.2, -0.15) is 4.31 Å². The lowest BCUT2D eigenvalue weighted by Gasteiger charge is -2.34. The number of thiazole rings is 1. The average Bonchev–Trinajstić information content (AvgIpc) is 3.31. The van der Waals surface area contributed by atoms with Crippen LogP contribution in [0, 0.1) is 11.6 Å². The first-order valence-corrected chi connectivity index (χ1v) is 14.3. The molecule has 0 spiro atoms. The van der Waals surface area contributed by atoms with E-state index in [-0.39, 0.29) is 17.6 Å². The van der Waals surface area contributed by atoms with Crippen LogP contribution in [0.4, 0.5) is 13.9 Å². The van der Waals surface area contributed by atoms with Gasteiger partial charge in [0.05, 0.1) is 28.9 Å². The van der Waals surface area contributed by atoms with Crippen molar-refractivity contribution in [2.75, 3.05) is 45.3 Å². The van der Waals surface area contributed by atoms with Gasteiger partial charge in [0.1, 0.15) is 22.2 Å². The summed E-state index contributed by atoms with van der Waals surface area (Å²) in [7, 11) is -1.06. The zero-order valence-electron chi connectivity index (χ0n) is 18.7. The van der Waals surface area contributed by atoms with Crippen LogP contribution in [0.3, 0.4) is 0 Å². The Balaban J connectivity index is 1.46. The van der Waals surface area contributed by atoms with E-state index in [1.54, 1.807) is 20.3 Å². The molecule has 188 valence electrons. The summed E-state index contributed by atoms with van der Waals surface area (Å²) in [6, 6.07) is 6.54. The number of rotatable bonds is 7. The van der Waals surface area contributed by atoms with Crippen LogP contribution >= 0.6 is 43.2 Å². The van der Waals surface area contributed by atoms with Gasteiger partial charge >= 0.3 is 0 Å². The number of methoxy groups -OCH3 is 2. The minimum Gasteiger partial charge on any atom is -0.497 e. The number of anilines is 1. The zero-order chi connectivity index (χ0) is 25.3. The summed E-state index contributed by atoms with van der Waals surface area (Å²) in [6.07, 6.45) is 0.583. The number of nitrogens with zero attached hydrogens (tertiary/aromatic N) is 3. The third-order valence-corrected chi connectivity index (χ3v) is 10.0. The summed E-state index contributed by atoms with van der Waals surface area (Å²) in [5.74, 6) is -0.500. The highest BCUT2D eigenvalue weighted by atomic mass is 79.9. The van der Waals surface area contributed by atoms with E-state index in [2.05, 4.69) is 31.9 Å². The molecule has 0 bridgehead atoms. The lowest BCUT2D eigenvalue weighted by molar-refractivity contribution is 0.381. The third-order valence-electron chi connectivity index (χ3n) is 5.51. The molecule has 0 radical (unpaired) electrons. The minimum atomic E-state index is -4.25. The second kappa shape index (κ2) is 10.7. The number of hydrogen-bond acceptors (Lipinski definition) is 7. The van der Waals surface area contributed by atoms with Gasteiger partial charge in [-0.15, -0.1) is 11.3 Å². The van der Waals surface area contributed by atoms with Gasteiger partial charge < -0.3 is 14.4 Å². The molecule has 7 nitrogen and oxygen atoms in total. The first-order valence-electron chi connectivity index (χ1n) is 10.4. The largest absolute Gasteiger partial charge is 0.497 e. The van der Waals surface area contributed by atoms with Crippen molar-refractivity contribution in [3.05, 3.63) is 61.5 Å². The predicted molar refractivity (Wildman–Crippen MR) is 137 cm³/mol. The van der Waals surface area contributed by atoms with E-state index in [4.69, 9.17) is 14.5 Å². The highest BCUT2D eigenvalue weighted by molar-refractivity contribution is 9.11. The van der Waals surface area contributed by atoms with E-state index in [0.717, 1.165) is 26.8 Å². The summed E-state index contributed by atoms with van der Waals surface area (Å²) < 4.78 is 66.1. The Morgan fingerprint density at radius 3 is 2.26 bits per heavy atom. The molecule has 2 heterocycles. The second-order valence-electron chi connectivity index (χ2n) is 7.71. The fourth-order valence-electron chi connectivity index (χ4n) is 3.73. The Morgan fingerprint density at radius 1 is 1.03 bits per heavy atom. The fraction of sp³-hybridized carbons (Fsp3) is 0.318. The van der Waals surface area contributed by atoms with Crippen molar-refractivity contribution in [2.24, 2.45) is 0 Å². The predicted octanol–water partition coefficient (Wildman–Crippen LogP) is 5.07. The SMILES string of the molecule is COc1cc(Cc2csc(N3CCN(S(=O)(=O)c4c(F)c(Br)cc(F)c4Br)CC3)n2)cc(OC)c1. The van der Waals surface area contributed by atoms with Crippen molar-refractivity contribution >= 4 is 58.4 Å². The molecule has 35 heavy (non-hydrogen) atoms. The molecular formula is C22H21Br2F2N3O4S2. The molecule has 1 aliphatic heterocycles. The van der Waals surface area contributed by atoms with Crippen molar-refractivity contribution in [3.63, 3.8) is 0 Å². The average molecular weight is 653 g/mol. The molecule has 2 aromatic carbocycles. The molecule has 0 atom stereocenters. The van der Waals surface area contributed by atoms with Crippen LogP contribution in [-0.4, -0.2) is 58.1 Å². The number of ether oxygens (including phenoxy) is 2. The van der Waals surface area contributed by atoms with Crippen LogP contribution in [0.25, 0.3) is 0 Å². The molecule has 1 saturated heterocycles. The molecule has 4 rings (SSSR count). The van der Waals surface area contributed by atoms with Gasteiger partial charge in [0.2, 0.25) is 10.0 Å². The summed E-state index contributed by atoms with van der Waals surface area (Å²) >= 11 is 7.24. The molecular weight excluding hydrogens is 632 g/mol. The summed E-state index contributed by atoms with van der Waals surface area (Å²) in [5.41, 5.74) is 1.86. The molecule has 13 heteroatoms. The number of piperazine rings is 1. The number of halogens is 4. The fourth-order valence-corrected chi connectivity index (χ4v) is 7.60.